The Balaban J connectivity index is 1.90. The molecule has 1 fully saturated rings. The van der Waals surface area contributed by atoms with Crippen molar-refractivity contribution >= 4 is 5.91 Å². The van der Waals surface area contributed by atoms with Crippen molar-refractivity contribution in [3.63, 3.8) is 0 Å². The number of nitrogens with one attached hydrogen (secondary N) is 1. The molecular weight excluding hydrogens is 266 g/mol. The van der Waals surface area contributed by atoms with Gasteiger partial charge in [0.2, 0.25) is 0 Å². The molecule has 0 aliphatic heterocycles. The first-order chi connectivity index (χ1) is 9.44. The smallest absolute Gasteiger partial charge is 0.259 e. The molecule has 0 saturated heterocycles. The Morgan fingerprint density at radius 2 is 2.25 bits per heavy atom. The summed E-state index contributed by atoms with van der Waals surface area (Å²) in [6.07, 6.45) is 1.80. The fourth-order valence-corrected chi connectivity index (χ4v) is 1.94. The van der Waals surface area contributed by atoms with Crippen molar-refractivity contribution in [2.45, 2.75) is 25.3 Å². The van der Waals surface area contributed by atoms with E-state index < -0.39 is 29.7 Å². The standard InChI is InChI=1S/C14H14F2N2O2/c1-14(8-17,9-2-3-9)18-13(19)7-20-12-5-4-10(15)6-11(12)16/h4-6,9H,2-3,7H2,1H3,(H,18,19). The first kappa shape index (κ1) is 14.3. The molecule has 2 rings (SSSR count). The van der Waals surface area contributed by atoms with E-state index in [9.17, 15) is 13.6 Å². The van der Waals surface area contributed by atoms with Gasteiger partial charge in [-0.1, -0.05) is 0 Å². The van der Waals surface area contributed by atoms with E-state index in [4.69, 9.17) is 10.00 Å². The van der Waals surface area contributed by atoms with Crippen molar-refractivity contribution in [3.8, 4) is 11.8 Å². The third-order valence-corrected chi connectivity index (χ3v) is 3.28. The number of ether oxygens (including phenoxy) is 1. The molecule has 20 heavy (non-hydrogen) atoms. The number of hydrogen-bond donors (Lipinski definition) is 1. The van der Waals surface area contributed by atoms with Gasteiger partial charge in [-0.3, -0.25) is 4.79 Å². The molecule has 1 aromatic carbocycles. The molecule has 0 aromatic heterocycles. The van der Waals surface area contributed by atoms with Gasteiger partial charge in [-0.15, -0.1) is 0 Å². The zero-order valence-corrected chi connectivity index (χ0v) is 11.0. The molecule has 1 unspecified atom stereocenters. The van der Waals surface area contributed by atoms with Gasteiger partial charge < -0.3 is 10.1 Å². The highest BCUT2D eigenvalue weighted by atomic mass is 19.1. The lowest BCUT2D eigenvalue weighted by molar-refractivity contribution is -0.124. The zero-order chi connectivity index (χ0) is 14.8. The van der Waals surface area contributed by atoms with Gasteiger partial charge >= 0.3 is 0 Å². The van der Waals surface area contributed by atoms with Crippen LogP contribution in [0.15, 0.2) is 18.2 Å². The molecule has 0 radical (unpaired) electrons. The summed E-state index contributed by atoms with van der Waals surface area (Å²) in [5.41, 5.74) is -0.915. The Morgan fingerprint density at radius 1 is 1.55 bits per heavy atom. The van der Waals surface area contributed by atoms with Crippen LogP contribution in [-0.4, -0.2) is 18.1 Å². The summed E-state index contributed by atoms with van der Waals surface area (Å²) in [6, 6.07) is 4.91. The molecule has 1 aliphatic carbocycles. The fourth-order valence-electron chi connectivity index (χ4n) is 1.94. The maximum Gasteiger partial charge on any atom is 0.259 e. The van der Waals surface area contributed by atoms with E-state index >= 15 is 0 Å². The van der Waals surface area contributed by atoms with Crippen LogP contribution in [-0.2, 0) is 4.79 Å². The Bertz CT molecular complexity index is 567. The third-order valence-electron chi connectivity index (χ3n) is 3.28. The third kappa shape index (κ3) is 3.23. The van der Waals surface area contributed by atoms with Crippen LogP contribution in [0.1, 0.15) is 19.8 Å². The molecule has 1 saturated carbocycles. The molecule has 1 aliphatic rings. The highest BCUT2D eigenvalue weighted by Gasteiger charge is 2.43. The Labute approximate surface area is 115 Å². The Morgan fingerprint density at radius 3 is 2.80 bits per heavy atom. The van der Waals surface area contributed by atoms with Gasteiger partial charge in [0, 0.05) is 6.07 Å². The van der Waals surface area contributed by atoms with Gasteiger partial charge in [0.05, 0.1) is 6.07 Å². The minimum absolute atomic E-state index is 0.152. The number of nitriles is 1. The predicted molar refractivity (Wildman–Crippen MR) is 66.7 cm³/mol. The quantitative estimate of drug-likeness (QED) is 0.899. The molecule has 1 atom stereocenters. The number of benzene rings is 1. The molecule has 6 heteroatoms. The molecule has 1 aromatic rings. The van der Waals surface area contributed by atoms with E-state index in [-0.39, 0.29) is 11.7 Å². The van der Waals surface area contributed by atoms with Crippen molar-refractivity contribution in [1.29, 1.82) is 5.26 Å². The van der Waals surface area contributed by atoms with Gasteiger partial charge in [0.1, 0.15) is 11.4 Å². The Kier molecular flexibility index (Phi) is 3.89. The number of carbonyl (C=O) groups excluding carboxylic acids is 1. The zero-order valence-electron chi connectivity index (χ0n) is 11.0. The molecule has 0 spiro atoms. The van der Waals surface area contributed by atoms with Crippen molar-refractivity contribution in [1.82, 2.24) is 5.32 Å². The lowest BCUT2D eigenvalue weighted by atomic mass is 9.98. The average Bonchev–Trinajstić information content (AvgIpc) is 3.22. The van der Waals surface area contributed by atoms with Crippen LogP contribution in [0, 0.1) is 28.9 Å². The molecule has 1 amide bonds. The lowest BCUT2D eigenvalue weighted by Gasteiger charge is -2.22. The summed E-state index contributed by atoms with van der Waals surface area (Å²) in [6.45, 7) is 1.23. The van der Waals surface area contributed by atoms with Crippen LogP contribution in [0.25, 0.3) is 0 Å². The molecule has 4 nitrogen and oxygen atoms in total. The van der Waals surface area contributed by atoms with Crippen molar-refractivity contribution < 1.29 is 18.3 Å². The summed E-state index contributed by atoms with van der Waals surface area (Å²) in [5.74, 6) is -2.15. The number of hydrogen-bond acceptors (Lipinski definition) is 3. The van der Waals surface area contributed by atoms with Gasteiger partial charge in [0.25, 0.3) is 5.91 Å². The van der Waals surface area contributed by atoms with E-state index in [1.165, 1.54) is 0 Å². The van der Waals surface area contributed by atoms with Crippen LogP contribution in [0.2, 0.25) is 0 Å². The monoisotopic (exact) mass is 280 g/mol. The number of carbonyl (C=O) groups is 1. The first-order valence-electron chi connectivity index (χ1n) is 6.25. The van der Waals surface area contributed by atoms with E-state index in [2.05, 4.69) is 11.4 Å². The largest absolute Gasteiger partial charge is 0.481 e. The van der Waals surface area contributed by atoms with Gasteiger partial charge in [0.15, 0.2) is 18.2 Å². The highest BCUT2D eigenvalue weighted by molar-refractivity contribution is 5.79. The number of halogens is 2. The SMILES string of the molecule is CC(C#N)(NC(=O)COc1ccc(F)cc1F)C1CC1. The maximum atomic E-state index is 13.3. The highest BCUT2D eigenvalue weighted by Crippen LogP contribution is 2.39. The second-order valence-corrected chi connectivity index (χ2v) is 5.00. The van der Waals surface area contributed by atoms with E-state index in [1.54, 1.807) is 6.92 Å². The summed E-state index contributed by atoms with van der Waals surface area (Å²) < 4.78 is 31.0. The topological polar surface area (TPSA) is 62.1 Å². The second-order valence-electron chi connectivity index (χ2n) is 5.00. The molecule has 106 valence electrons. The van der Waals surface area contributed by atoms with Crippen molar-refractivity contribution in [2.24, 2.45) is 5.92 Å². The molecule has 0 bridgehead atoms. The Hall–Kier alpha value is -2.16. The summed E-state index contributed by atoms with van der Waals surface area (Å²) in [7, 11) is 0. The second kappa shape index (κ2) is 5.45. The maximum absolute atomic E-state index is 13.3. The van der Waals surface area contributed by atoms with Gasteiger partial charge in [-0.2, -0.15) is 5.26 Å². The van der Waals surface area contributed by atoms with E-state index in [0.29, 0.717) is 6.07 Å². The fraction of sp³-hybridized carbons (Fsp3) is 0.429. The van der Waals surface area contributed by atoms with Gasteiger partial charge in [-0.05, 0) is 37.8 Å². The molecule has 0 heterocycles. The van der Waals surface area contributed by atoms with Crippen molar-refractivity contribution in [2.75, 3.05) is 6.61 Å². The van der Waals surface area contributed by atoms with Crippen LogP contribution in [0.3, 0.4) is 0 Å². The summed E-state index contributed by atoms with van der Waals surface area (Å²) in [4.78, 5) is 11.7. The predicted octanol–water partition coefficient (Wildman–Crippen LogP) is 2.15. The number of nitrogens with zero attached hydrogens (tertiary/aromatic N) is 1. The molecule has 1 N–H and O–H groups in total. The molecular formula is C14H14F2N2O2. The normalized spacial score (nSPS) is 16.9. The van der Waals surface area contributed by atoms with Crippen molar-refractivity contribution in [3.05, 3.63) is 29.8 Å². The summed E-state index contributed by atoms with van der Waals surface area (Å²) >= 11 is 0. The average molecular weight is 280 g/mol. The first-order valence-corrected chi connectivity index (χ1v) is 6.25. The van der Waals surface area contributed by atoms with Crippen LogP contribution >= 0.6 is 0 Å². The minimum atomic E-state index is -0.915. The number of rotatable bonds is 5. The minimum Gasteiger partial charge on any atom is -0.481 e. The lowest BCUT2D eigenvalue weighted by Crippen LogP contribution is -2.48. The van der Waals surface area contributed by atoms with E-state index in [1.807, 2.05) is 0 Å². The number of amides is 1. The summed E-state index contributed by atoms with van der Waals surface area (Å²) in [5, 5.41) is 11.7. The van der Waals surface area contributed by atoms with Crippen LogP contribution in [0.5, 0.6) is 5.75 Å². The van der Waals surface area contributed by atoms with Gasteiger partial charge in [-0.25, -0.2) is 8.78 Å². The van der Waals surface area contributed by atoms with E-state index in [0.717, 1.165) is 25.0 Å². The van der Waals surface area contributed by atoms with Crippen LogP contribution in [0.4, 0.5) is 8.78 Å². The van der Waals surface area contributed by atoms with Crippen LogP contribution < -0.4 is 10.1 Å².